The van der Waals surface area contributed by atoms with E-state index in [4.69, 9.17) is 4.74 Å². The van der Waals surface area contributed by atoms with E-state index in [0.29, 0.717) is 18.4 Å². The third-order valence-corrected chi connectivity index (χ3v) is 11.2. The van der Waals surface area contributed by atoms with Gasteiger partial charge in [0.15, 0.2) is 0 Å². The van der Waals surface area contributed by atoms with Gasteiger partial charge in [-0.3, -0.25) is 68.3 Å². The van der Waals surface area contributed by atoms with Crippen LogP contribution in [0.25, 0.3) is 0 Å². The first kappa shape index (κ1) is 62.1. The average Bonchev–Trinajstić information content (AvgIpc) is 3.81. The van der Waals surface area contributed by atoms with Crippen LogP contribution in [0.2, 0.25) is 0 Å². The zero-order chi connectivity index (χ0) is 56.1. The maximum atomic E-state index is 14.2. The molecule has 11 N–H and O–H groups in total. The van der Waals surface area contributed by atoms with Crippen LogP contribution in [0, 0.1) is 22.0 Å². The van der Waals surface area contributed by atoms with Crippen molar-refractivity contribution in [3.05, 3.63) is 39.9 Å². The van der Waals surface area contributed by atoms with Gasteiger partial charge >= 0.3 is 24.0 Å². The maximum absolute atomic E-state index is 14.2. The number of hydrogen-bond donors (Lipinski definition) is 11. The number of rotatable bonds is 28. The van der Waals surface area contributed by atoms with Crippen LogP contribution in [0.3, 0.4) is 0 Å². The lowest BCUT2D eigenvalue weighted by molar-refractivity contribution is -0.384. The van der Waals surface area contributed by atoms with Gasteiger partial charge in [-0.15, -0.1) is 0 Å². The van der Waals surface area contributed by atoms with E-state index in [1.165, 1.54) is 43.0 Å². The highest BCUT2D eigenvalue weighted by Crippen LogP contribution is 2.22. The molecule has 1 heterocycles. The summed E-state index contributed by atoms with van der Waals surface area (Å²) in [6.07, 6.45) is -5.34. The van der Waals surface area contributed by atoms with Crippen molar-refractivity contribution in [3.63, 3.8) is 0 Å². The van der Waals surface area contributed by atoms with Crippen LogP contribution >= 0.6 is 0 Å². The number of amides is 9. The molecule has 0 spiro atoms. The number of carbonyl (C=O) groups is 12. The minimum atomic E-state index is -2.00. The molecule has 1 saturated heterocycles. The number of nitro groups is 1. The molecule has 1 aliphatic rings. The SMILES string of the molecule is CCCN(NC(=O)[C@@H]1CCCN1C(=O)[C@@H](NC(=O)[C@@H](NC(=O)[C@H](CC(=O)O)NC(=O)[C@H](CCC(=O)O)NC(=O)[C@@H](NC(=O)[C@H](CC(=O)O)NC(C)=O)[C@@H](C)O)C(C)C)C(C)C)C(=O)OCc1ccc([N+](=O)[O-])cc1. The summed E-state index contributed by atoms with van der Waals surface area (Å²) >= 11 is 0. The number of likely N-dealkylation sites (tertiary alicyclic amines) is 1. The molecule has 29 nitrogen and oxygen atoms in total. The van der Waals surface area contributed by atoms with Gasteiger partial charge in [0.25, 0.3) is 11.6 Å². The first-order valence-corrected chi connectivity index (χ1v) is 23.5. The fraction of sp³-hybridized carbons (Fsp3) is 0.600. The number of aliphatic hydroxyl groups excluding tert-OH is 1. The van der Waals surface area contributed by atoms with Crippen LogP contribution in [0.4, 0.5) is 10.5 Å². The number of nitrogens with one attached hydrogen (secondary N) is 7. The Labute approximate surface area is 424 Å². The zero-order valence-corrected chi connectivity index (χ0v) is 41.9. The highest BCUT2D eigenvalue weighted by Gasteiger charge is 2.41. The van der Waals surface area contributed by atoms with E-state index in [1.807, 2.05) is 0 Å². The number of hydrogen-bond acceptors (Lipinski definition) is 16. The fourth-order valence-corrected chi connectivity index (χ4v) is 7.33. The largest absolute Gasteiger partial charge is 0.481 e. The Hall–Kier alpha value is -7.98. The number of nitrogens with zero attached hydrogens (tertiary/aromatic N) is 3. The molecule has 1 aromatic rings. The van der Waals surface area contributed by atoms with Gasteiger partial charge in [-0.2, -0.15) is 0 Å². The smallest absolute Gasteiger partial charge is 0.429 e. The van der Waals surface area contributed by atoms with Crippen molar-refractivity contribution in [2.45, 2.75) is 148 Å². The molecule has 29 heteroatoms. The van der Waals surface area contributed by atoms with E-state index in [0.717, 1.165) is 18.9 Å². The molecule has 2 rings (SSSR count). The Morgan fingerprint density at radius 2 is 1.22 bits per heavy atom. The first-order valence-electron chi connectivity index (χ1n) is 23.5. The topological polar surface area (TPSA) is 429 Å². The summed E-state index contributed by atoms with van der Waals surface area (Å²) in [7, 11) is 0. The third-order valence-electron chi connectivity index (χ3n) is 11.2. The van der Waals surface area contributed by atoms with Gasteiger partial charge < -0.3 is 62.0 Å². The molecule has 0 bridgehead atoms. The fourth-order valence-electron chi connectivity index (χ4n) is 7.33. The van der Waals surface area contributed by atoms with Crippen molar-refractivity contribution in [1.82, 2.24) is 47.2 Å². The quantitative estimate of drug-likeness (QED) is 0.0333. The number of hydrazine groups is 1. The Balaban J connectivity index is 2.28. The molecule has 0 unspecified atom stereocenters. The number of carboxylic acids is 3. The monoisotopic (exact) mass is 1050 g/mol. The van der Waals surface area contributed by atoms with Gasteiger partial charge in [0, 0.05) is 38.6 Å². The third kappa shape index (κ3) is 19.9. The summed E-state index contributed by atoms with van der Waals surface area (Å²) in [5, 5.41) is 63.9. The second-order valence-corrected chi connectivity index (χ2v) is 18.0. The van der Waals surface area contributed by atoms with E-state index in [-0.39, 0.29) is 31.8 Å². The Bertz CT molecular complexity index is 2220. The molecular formula is C45H66N10O19. The average molecular weight is 1050 g/mol. The standard InChI is InChI=1S/C45H66N10O19/c1-8-17-54(45(71)74-21-26-11-13-27(14-12-26)55(72)73)52-41(67)31-10-9-18-53(31)44(70)36(23(4)5)50-42(68)35(22(2)3)49-40(66)30(20-34(62)63)48-38(64)28(15-16-32(58)59)47-43(69)37(24(6)56)51-39(65)29(19-33(60)61)46-25(7)57/h11-14,22-24,28-31,35-37,56H,8-10,15-21H2,1-7H3,(H,46,57)(H,47,69)(H,48,64)(H,49,66)(H,50,68)(H,51,65)(H,52,67)(H,58,59)(H,60,61)(H,62,63)/t24-,28+,29+,30+,31+,35+,36+,37+/m1/s1. The summed E-state index contributed by atoms with van der Waals surface area (Å²) in [6.45, 7) is 9.72. The number of carboxylic acid groups (broad SMARTS) is 3. The predicted molar refractivity (Wildman–Crippen MR) is 253 cm³/mol. The molecular weight excluding hydrogens is 985 g/mol. The van der Waals surface area contributed by atoms with Gasteiger partial charge in [0.05, 0.1) is 23.9 Å². The van der Waals surface area contributed by atoms with Gasteiger partial charge in [0.2, 0.25) is 41.4 Å². The lowest BCUT2D eigenvalue weighted by Crippen LogP contribution is -2.62. The van der Waals surface area contributed by atoms with Gasteiger partial charge in [-0.05, 0) is 62.1 Å². The van der Waals surface area contributed by atoms with E-state index < -0.39 is 162 Å². The number of carbonyl (C=O) groups excluding carboxylic acids is 9. The van der Waals surface area contributed by atoms with Crippen molar-refractivity contribution in [2.75, 3.05) is 13.1 Å². The summed E-state index contributed by atoms with van der Waals surface area (Å²) in [4.78, 5) is 167. The van der Waals surface area contributed by atoms with Crippen molar-refractivity contribution in [1.29, 1.82) is 0 Å². The van der Waals surface area contributed by atoms with E-state index >= 15 is 0 Å². The number of aliphatic hydroxyl groups is 1. The Morgan fingerprint density at radius 3 is 1.70 bits per heavy atom. The minimum Gasteiger partial charge on any atom is -0.481 e. The second kappa shape index (κ2) is 29.5. The van der Waals surface area contributed by atoms with Crippen molar-refractivity contribution in [3.8, 4) is 0 Å². The highest BCUT2D eigenvalue weighted by molar-refractivity contribution is 5.99. The zero-order valence-electron chi connectivity index (χ0n) is 41.9. The van der Waals surface area contributed by atoms with Crippen LogP contribution in [0.15, 0.2) is 24.3 Å². The molecule has 1 aliphatic heterocycles. The number of aliphatic carboxylic acids is 3. The molecule has 0 saturated carbocycles. The molecule has 74 heavy (non-hydrogen) atoms. The lowest BCUT2D eigenvalue weighted by Gasteiger charge is -2.33. The molecule has 1 aromatic carbocycles. The molecule has 410 valence electrons. The minimum absolute atomic E-state index is 0.00477. The lowest BCUT2D eigenvalue weighted by atomic mass is 9.98. The molecule has 8 atom stereocenters. The summed E-state index contributed by atoms with van der Waals surface area (Å²) in [6, 6.07) is -6.23. The molecule has 0 radical (unpaired) electrons. The normalized spacial score (nSPS) is 15.9. The Kier molecular flexibility index (Phi) is 24.8. The summed E-state index contributed by atoms with van der Waals surface area (Å²) in [5.74, 6) is -14.3. The van der Waals surface area contributed by atoms with Gasteiger partial charge in [-0.25, -0.2) is 9.80 Å². The van der Waals surface area contributed by atoms with Gasteiger partial charge in [-0.1, -0.05) is 34.6 Å². The Morgan fingerprint density at radius 1 is 0.716 bits per heavy atom. The molecule has 9 amide bonds. The molecule has 0 aliphatic carbocycles. The maximum Gasteiger partial charge on any atom is 0.429 e. The van der Waals surface area contributed by atoms with Crippen LogP contribution in [-0.4, -0.2) is 168 Å². The summed E-state index contributed by atoms with van der Waals surface area (Å²) in [5.41, 5.74) is 2.76. The second-order valence-electron chi connectivity index (χ2n) is 18.0. The van der Waals surface area contributed by atoms with Gasteiger partial charge in [0.1, 0.15) is 48.9 Å². The van der Waals surface area contributed by atoms with E-state index in [9.17, 15) is 88.1 Å². The van der Waals surface area contributed by atoms with Crippen LogP contribution in [0.1, 0.15) is 99.0 Å². The number of non-ortho nitro benzene ring substituents is 1. The van der Waals surface area contributed by atoms with Crippen LogP contribution < -0.4 is 37.3 Å². The van der Waals surface area contributed by atoms with Crippen LogP contribution in [0.5, 0.6) is 0 Å². The molecule has 1 fully saturated rings. The number of nitro benzene ring substituents is 1. The first-order chi connectivity index (χ1) is 34.6. The van der Waals surface area contributed by atoms with Crippen molar-refractivity contribution < 1.29 is 87.6 Å². The van der Waals surface area contributed by atoms with E-state index in [1.54, 1.807) is 20.8 Å². The number of ether oxygens (including phenoxy) is 1. The van der Waals surface area contributed by atoms with Crippen molar-refractivity contribution in [2.24, 2.45) is 11.8 Å². The van der Waals surface area contributed by atoms with E-state index in [2.05, 4.69) is 37.3 Å². The van der Waals surface area contributed by atoms with Crippen molar-refractivity contribution >= 4 is 76.9 Å². The molecule has 0 aromatic heterocycles. The number of benzene rings is 1. The summed E-state index contributed by atoms with van der Waals surface area (Å²) < 4.78 is 5.32. The van der Waals surface area contributed by atoms with Crippen LogP contribution in [-0.2, 0) is 64.1 Å². The predicted octanol–water partition coefficient (Wildman–Crippen LogP) is -1.60. The highest BCUT2D eigenvalue weighted by atomic mass is 16.6.